The average molecular weight is 453 g/mol. The van der Waals surface area contributed by atoms with E-state index in [9.17, 15) is 19.5 Å². The minimum absolute atomic E-state index is 0.0106. The fourth-order valence-electron chi connectivity index (χ4n) is 4.53. The summed E-state index contributed by atoms with van der Waals surface area (Å²) in [5, 5.41) is 21.2. The van der Waals surface area contributed by atoms with E-state index >= 15 is 0 Å². The number of benzene rings is 2. The zero-order valence-electron chi connectivity index (χ0n) is 18.4. The second-order valence-corrected chi connectivity index (χ2v) is 8.70. The van der Waals surface area contributed by atoms with Crippen LogP contribution in [-0.2, 0) is 14.3 Å². The number of hydrogen-bond acceptors (Lipinski definition) is 5. The van der Waals surface area contributed by atoms with E-state index in [0.717, 1.165) is 22.3 Å². The third-order valence-electron chi connectivity index (χ3n) is 6.48. The van der Waals surface area contributed by atoms with Crippen LogP contribution in [0, 0.1) is 5.92 Å². The van der Waals surface area contributed by atoms with E-state index in [1.807, 2.05) is 48.5 Å². The van der Waals surface area contributed by atoms with Crippen LogP contribution in [0.15, 0.2) is 48.5 Å². The first-order chi connectivity index (χ1) is 15.8. The monoisotopic (exact) mass is 452 g/mol. The predicted octanol–water partition coefficient (Wildman–Crippen LogP) is 2.60. The number of aliphatic hydroxyl groups is 1. The molecule has 8 heteroatoms. The number of aliphatic carboxylic acids is 1. The average Bonchev–Trinajstić information content (AvgIpc) is 3.07. The number of nitrogens with one attached hydrogen (secondary N) is 1. The fraction of sp³-hybridized carbons (Fsp3) is 0.400. The standard InChI is InChI=1S/C25H28N2O6/c1-15(28)16-12-27(13-16)24(31)22(10-11-23(29)30)26-25(32)33-14-21-19-8-4-2-6-17(19)18-7-3-5-9-20(18)21/h2-9,15-16,21-22,28H,10-14H2,1H3,(H,26,32)(H,29,30)/t15-,22?/m1/s1. The van der Waals surface area contributed by atoms with E-state index in [1.165, 1.54) is 4.90 Å². The Morgan fingerprint density at radius 3 is 2.18 bits per heavy atom. The van der Waals surface area contributed by atoms with Crippen molar-refractivity contribution in [2.24, 2.45) is 5.92 Å². The molecule has 1 aliphatic carbocycles. The molecule has 2 aliphatic rings. The number of ether oxygens (including phenoxy) is 1. The summed E-state index contributed by atoms with van der Waals surface area (Å²) in [6, 6.07) is 15.0. The maximum absolute atomic E-state index is 12.8. The predicted molar refractivity (Wildman–Crippen MR) is 121 cm³/mol. The SMILES string of the molecule is C[C@@H](O)C1CN(C(=O)C(CCC(=O)O)NC(=O)OCC2c3ccccc3-c3ccccc32)C1. The lowest BCUT2D eigenvalue weighted by atomic mass is 9.93. The van der Waals surface area contributed by atoms with Gasteiger partial charge in [-0.05, 0) is 35.6 Å². The highest BCUT2D eigenvalue weighted by Crippen LogP contribution is 2.44. The van der Waals surface area contributed by atoms with Crippen LogP contribution in [0.4, 0.5) is 4.79 Å². The number of alkyl carbamates (subject to hydrolysis) is 1. The highest BCUT2D eigenvalue weighted by Gasteiger charge is 2.37. The third-order valence-corrected chi connectivity index (χ3v) is 6.48. The van der Waals surface area contributed by atoms with Crippen molar-refractivity contribution in [2.75, 3.05) is 19.7 Å². The molecule has 33 heavy (non-hydrogen) atoms. The van der Waals surface area contributed by atoms with Crippen LogP contribution in [0.25, 0.3) is 11.1 Å². The third kappa shape index (κ3) is 4.85. The van der Waals surface area contributed by atoms with Crippen LogP contribution < -0.4 is 5.32 Å². The zero-order chi connectivity index (χ0) is 23.5. The van der Waals surface area contributed by atoms with Crippen LogP contribution in [-0.4, -0.2) is 64.9 Å². The first-order valence-corrected chi connectivity index (χ1v) is 11.1. The Morgan fingerprint density at radius 1 is 1.06 bits per heavy atom. The van der Waals surface area contributed by atoms with Gasteiger partial charge in [-0.15, -0.1) is 0 Å². The molecule has 2 amide bonds. The number of aliphatic hydroxyl groups excluding tert-OH is 1. The number of carboxylic acids is 1. The first-order valence-electron chi connectivity index (χ1n) is 11.1. The summed E-state index contributed by atoms with van der Waals surface area (Å²) in [5.74, 6) is -1.53. The van der Waals surface area contributed by atoms with Gasteiger partial charge in [0.05, 0.1) is 6.10 Å². The van der Waals surface area contributed by atoms with Gasteiger partial charge in [-0.2, -0.15) is 0 Å². The molecule has 2 aromatic carbocycles. The van der Waals surface area contributed by atoms with E-state index in [-0.39, 0.29) is 37.2 Å². The van der Waals surface area contributed by atoms with E-state index in [2.05, 4.69) is 5.32 Å². The Bertz CT molecular complexity index is 1000. The second kappa shape index (κ2) is 9.62. The largest absolute Gasteiger partial charge is 0.481 e. The normalized spacial score (nSPS) is 16.8. The summed E-state index contributed by atoms with van der Waals surface area (Å²) >= 11 is 0. The van der Waals surface area contributed by atoms with Gasteiger partial charge in [0.1, 0.15) is 12.6 Å². The van der Waals surface area contributed by atoms with E-state index in [1.54, 1.807) is 6.92 Å². The molecule has 0 spiro atoms. The van der Waals surface area contributed by atoms with Crippen molar-refractivity contribution in [3.05, 3.63) is 59.7 Å². The van der Waals surface area contributed by atoms with E-state index in [0.29, 0.717) is 13.1 Å². The molecule has 0 radical (unpaired) electrons. The number of likely N-dealkylation sites (tertiary alicyclic amines) is 1. The first kappa shape index (κ1) is 22.8. The van der Waals surface area contributed by atoms with Gasteiger partial charge in [0, 0.05) is 31.3 Å². The number of carboxylic acid groups (broad SMARTS) is 1. The van der Waals surface area contributed by atoms with Crippen LogP contribution in [0.5, 0.6) is 0 Å². The highest BCUT2D eigenvalue weighted by atomic mass is 16.5. The molecular weight excluding hydrogens is 424 g/mol. The zero-order valence-corrected chi connectivity index (χ0v) is 18.4. The fourth-order valence-corrected chi connectivity index (χ4v) is 4.53. The lowest BCUT2D eigenvalue weighted by molar-refractivity contribution is -0.143. The lowest BCUT2D eigenvalue weighted by Gasteiger charge is -2.42. The molecule has 0 aromatic heterocycles. The van der Waals surface area contributed by atoms with Gasteiger partial charge in [0.15, 0.2) is 0 Å². The van der Waals surface area contributed by atoms with Crippen LogP contribution >= 0.6 is 0 Å². The summed E-state index contributed by atoms with van der Waals surface area (Å²) in [4.78, 5) is 38.0. The van der Waals surface area contributed by atoms with Gasteiger partial charge >= 0.3 is 12.1 Å². The molecule has 8 nitrogen and oxygen atoms in total. The van der Waals surface area contributed by atoms with Crippen molar-refractivity contribution >= 4 is 18.0 Å². The summed E-state index contributed by atoms with van der Waals surface area (Å²) in [6.07, 6.45) is -1.57. The molecule has 1 heterocycles. The maximum Gasteiger partial charge on any atom is 0.407 e. The van der Waals surface area contributed by atoms with Crippen LogP contribution in [0.2, 0.25) is 0 Å². The highest BCUT2D eigenvalue weighted by molar-refractivity contribution is 5.87. The number of hydrogen-bond donors (Lipinski definition) is 3. The number of amides is 2. The smallest absolute Gasteiger partial charge is 0.407 e. The van der Waals surface area contributed by atoms with Gasteiger partial charge in [-0.1, -0.05) is 48.5 Å². The quantitative estimate of drug-likeness (QED) is 0.567. The van der Waals surface area contributed by atoms with Crippen molar-refractivity contribution in [2.45, 2.75) is 37.8 Å². The molecular formula is C25H28N2O6. The van der Waals surface area contributed by atoms with Crippen molar-refractivity contribution in [1.82, 2.24) is 10.2 Å². The number of carbonyl (C=O) groups excluding carboxylic acids is 2. The molecule has 2 aromatic rings. The summed E-state index contributed by atoms with van der Waals surface area (Å²) < 4.78 is 5.51. The maximum atomic E-state index is 12.8. The molecule has 0 saturated carbocycles. The van der Waals surface area contributed by atoms with Crippen LogP contribution in [0.1, 0.15) is 36.8 Å². The van der Waals surface area contributed by atoms with Gasteiger partial charge < -0.3 is 25.2 Å². The van der Waals surface area contributed by atoms with E-state index < -0.39 is 24.2 Å². The Hall–Kier alpha value is -3.39. The van der Waals surface area contributed by atoms with Gasteiger partial charge in [-0.25, -0.2) is 4.79 Å². The minimum Gasteiger partial charge on any atom is -0.481 e. The molecule has 1 saturated heterocycles. The molecule has 174 valence electrons. The summed E-state index contributed by atoms with van der Waals surface area (Å²) in [7, 11) is 0. The number of fused-ring (bicyclic) bond motifs is 3. The van der Waals surface area contributed by atoms with Crippen molar-refractivity contribution < 1.29 is 29.3 Å². The Morgan fingerprint density at radius 2 is 1.64 bits per heavy atom. The number of nitrogens with zero attached hydrogens (tertiary/aromatic N) is 1. The molecule has 1 aliphatic heterocycles. The second-order valence-electron chi connectivity index (χ2n) is 8.70. The Labute approximate surface area is 192 Å². The van der Waals surface area contributed by atoms with Crippen LogP contribution in [0.3, 0.4) is 0 Å². The number of rotatable bonds is 8. The molecule has 1 fully saturated rings. The van der Waals surface area contributed by atoms with Gasteiger partial charge in [0.2, 0.25) is 5.91 Å². The molecule has 0 bridgehead atoms. The van der Waals surface area contributed by atoms with Gasteiger partial charge in [-0.3, -0.25) is 9.59 Å². The topological polar surface area (TPSA) is 116 Å². The molecule has 3 N–H and O–H groups in total. The van der Waals surface area contributed by atoms with E-state index in [4.69, 9.17) is 9.84 Å². The number of carbonyl (C=O) groups is 3. The van der Waals surface area contributed by atoms with Crippen molar-refractivity contribution in [1.29, 1.82) is 0 Å². The van der Waals surface area contributed by atoms with Crippen molar-refractivity contribution in [3.63, 3.8) is 0 Å². The molecule has 4 rings (SSSR count). The minimum atomic E-state index is -1.05. The van der Waals surface area contributed by atoms with Gasteiger partial charge in [0.25, 0.3) is 0 Å². The molecule has 1 unspecified atom stereocenters. The van der Waals surface area contributed by atoms with Crippen molar-refractivity contribution in [3.8, 4) is 11.1 Å². The summed E-state index contributed by atoms with van der Waals surface area (Å²) in [5.41, 5.74) is 4.38. The Balaban J connectivity index is 1.39. The lowest BCUT2D eigenvalue weighted by Crippen LogP contribution is -2.59. The molecule has 2 atom stereocenters. The summed E-state index contributed by atoms with van der Waals surface area (Å²) in [6.45, 7) is 2.54. The Kier molecular flexibility index (Phi) is 6.65.